The summed E-state index contributed by atoms with van der Waals surface area (Å²) < 4.78 is 0. The van der Waals surface area contributed by atoms with E-state index in [-0.39, 0.29) is 5.91 Å². The van der Waals surface area contributed by atoms with Crippen LogP contribution in [0, 0.1) is 0 Å². The number of imidazole rings is 1. The number of nitrogens with zero attached hydrogens (tertiary/aromatic N) is 2. The fraction of sp³-hybridized carbons (Fsp3) is 0.238. The second kappa shape index (κ2) is 7.54. The molecule has 132 valence electrons. The van der Waals surface area contributed by atoms with Crippen LogP contribution in [0.1, 0.15) is 5.82 Å². The number of carbonyl (C=O) groups excluding carboxylic acids is 1. The maximum absolute atomic E-state index is 12.6. The van der Waals surface area contributed by atoms with Crippen molar-refractivity contribution in [1.29, 1.82) is 0 Å². The number of rotatable bonds is 4. The molecule has 4 rings (SSSR count). The molecule has 0 bridgehead atoms. The van der Waals surface area contributed by atoms with Crippen molar-refractivity contribution in [2.24, 2.45) is 0 Å². The molecule has 2 heterocycles. The molecule has 1 saturated heterocycles. The number of amides is 1. The van der Waals surface area contributed by atoms with Gasteiger partial charge in [0, 0.05) is 37.3 Å². The lowest BCUT2D eigenvalue weighted by Gasteiger charge is -2.27. The standard InChI is InChI=1S/C21H22N4O/c26-19(25-13-11-22-12-14-25)15-18-23-20(16-7-3-1-4-8-16)21(24-18)17-9-5-2-6-10-17/h1-10,22H,11-15H2,(H,23,24). The summed E-state index contributed by atoms with van der Waals surface area (Å²) >= 11 is 0. The van der Waals surface area contributed by atoms with Gasteiger partial charge in [-0.25, -0.2) is 4.98 Å². The number of hydrogen-bond acceptors (Lipinski definition) is 3. The van der Waals surface area contributed by atoms with E-state index >= 15 is 0 Å². The molecule has 5 heteroatoms. The molecule has 1 amide bonds. The average molecular weight is 346 g/mol. The molecule has 5 nitrogen and oxygen atoms in total. The molecule has 26 heavy (non-hydrogen) atoms. The molecular formula is C21H22N4O. The molecular weight excluding hydrogens is 324 g/mol. The minimum Gasteiger partial charge on any atom is -0.341 e. The van der Waals surface area contributed by atoms with Gasteiger partial charge in [-0.2, -0.15) is 0 Å². The Kier molecular flexibility index (Phi) is 4.80. The van der Waals surface area contributed by atoms with Crippen LogP contribution in [0.15, 0.2) is 60.7 Å². The molecule has 0 unspecified atom stereocenters. The third-order valence-corrected chi connectivity index (χ3v) is 4.65. The van der Waals surface area contributed by atoms with Gasteiger partial charge in [0.15, 0.2) is 0 Å². The van der Waals surface area contributed by atoms with E-state index in [0.717, 1.165) is 48.7 Å². The van der Waals surface area contributed by atoms with Gasteiger partial charge in [-0.1, -0.05) is 60.7 Å². The smallest absolute Gasteiger partial charge is 0.230 e. The van der Waals surface area contributed by atoms with Crippen molar-refractivity contribution in [3.05, 3.63) is 66.5 Å². The average Bonchev–Trinajstić information content (AvgIpc) is 3.14. The molecule has 0 radical (unpaired) electrons. The highest BCUT2D eigenvalue weighted by Gasteiger charge is 2.20. The third-order valence-electron chi connectivity index (χ3n) is 4.65. The Balaban J connectivity index is 1.66. The Morgan fingerprint density at radius 2 is 1.54 bits per heavy atom. The van der Waals surface area contributed by atoms with Crippen LogP contribution in [-0.2, 0) is 11.2 Å². The van der Waals surface area contributed by atoms with Crippen molar-refractivity contribution in [3.63, 3.8) is 0 Å². The zero-order chi connectivity index (χ0) is 17.8. The van der Waals surface area contributed by atoms with E-state index in [1.54, 1.807) is 0 Å². The van der Waals surface area contributed by atoms with Gasteiger partial charge in [0.1, 0.15) is 5.82 Å². The highest BCUT2D eigenvalue weighted by Crippen LogP contribution is 2.30. The summed E-state index contributed by atoms with van der Waals surface area (Å²) in [4.78, 5) is 22.7. The van der Waals surface area contributed by atoms with E-state index in [1.165, 1.54) is 0 Å². The summed E-state index contributed by atoms with van der Waals surface area (Å²) in [7, 11) is 0. The highest BCUT2D eigenvalue weighted by atomic mass is 16.2. The number of carbonyl (C=O) groups is 1. The van der Waals surface area contributed by atoms with Gasteiger partial charge in [0.2, 0.25) is 5.91 Å². The van der Waals surface area contributed by atoms with Gasteiger partial charge in [-0.05, 0) is 0 Å². The lowest BCUT2D eigenvalue weighted by atomic mass is 10.1. The van der Waals surface area contributed by atoms with E-state index in [4.69, 9.17) is 4.98 Å². The van der Waals surface area contributed by atoms with Crippen molar-refractivity contribution in [1.82, 2.24) is 20.2 Å². The van der Waals surface area contributed by atoms with Crippen LogP contribution in [-0.4, -0.2) is 47.0 Å². The highest BCUT2D eigenvalue weighted by molar-refractivity contribution is 5.81. The van der Waals surface area contributed by atoms with E-state index in [2.05, 4.69) is 22.4 Å². The van der Waals surface area contributed by atoms with Crippen molar-refractivity contribution >= 4 is 5.91 Å². The van der Waals surface area contributed by atoms with Crippen molar-refractivity contribution in [3.8, 4) is 22.5 Å². The molecule has 0 aliphatic carbocycles. The molecule has 1 aromatic heterocycles. The maximum atomic E-state index is 12.6. The summed E-state index contributed by atoms with van der Waals surface area (Å²) in [6.07, 6.45) is 0.298. The largest absolute Gasteiger partial charge is 0.341 e. The maximum Gasteiger partial charge on any atom is 0.230 e. The number of piperazine rings is 1. The van der Waals surface area contributed by atoms with Crippen molar-refractivity contribution in [2.45, 2.75) is 6.42 Å². The van der Waals surface area contributed by atoms with Crippen LogP contribution in [0.3, 0.4) is 0 Å². The normalized spacial score (nSPS) is 14.4. The van der Waals surface area contributed by atoms with Crippen LogP contribution in [0.5, 0.6) is 0 Å². The molecule has 2 N–H and O–H groups in total. The first-order valence-corrected chi connectivity index (χ1v) is 8.99. The lowest BCUT2D eigenvalue weighted by Crippen LogP contribution is -2.47. The van der Waals surface area contributed by atoms with E-state index in [0.29, 0.717) is 12.2 Å². The van der Waals surface area contributed by atoms with Crippen LogP contribution in [0.2, 0.25) is 0 Å². The zero-order valence-corrected chi connectivity index (χ0v) is 14.6. The number of aromatic amines is 1. The molecule has 1 aliphatic heterocycles. The number of nitrogens with one attached hydrogen (secondary N) is 2. The van der Waals surface area contributed by atoms with Gasteiger partial charge in [-0.3, -0.25) is 4.79 Å². The Bertz CT molecular complexity index is 811. The Labute approximate surface area is 153 Å². The van der Waals surface area contributed by atoms with Gasteiger partial charge < -0.3 is 15.2 Å². The summed E-state index contributed by atoms with van der Waals surface area (Å²) in [6, 6.07) is 20.2. The minimum atomic E-state index is 0.125. The quantitative estimate of drug-likeness (QED) is 0.764. The summed E-state index contributed by atoms with van der Waals surface area (Å²) in [5.74, 6) is 0.839. The summed E-state index contributed by atoms with van der Waals surface area (Å²) in [5, 5.41) is 3.27. The third kappa shape index (κ3) is 3.53. The molecule has 2 aromatic carbocycles. The number of aromatic nitrogens is 2. The molecule has 0 atom stereocenters. The number of H-pyrrole nitrogens is 1. The van der Waals surface area contributed by atoms with Gasteiger partial charge in [-0.15, -0.1) is 0 Å². The Hall–Kier alpha value is -2.92. The fourth-order valence-electron chi connectivity index (χ4n) is 3.29. The number of hydrogen-bond donors (Lipinski definition) is 2. The van der Waals surface area contributed by atoms with Gasteiger partial charge in [0.25, 0.3) is 0 Å². The molecule has 1 fully saturated rings. The van der Waals surface area contributed by atoms with Crippen molar-refractivity contribution < 1.29 is 4.79 Å². The monoisotopic (exact) mass is 346 g/mol. The lowest BCUT2D eigenvalue weighted by molar-refractivity contribution is -0.131. The number of benzene rings is 2. The summed E-state index contributed by atoms with van der Waals surface area (Å²) in [5.41, 5.74) is 3.96. The Morgan fingerprint density at radius 3 is 2.19 bits per heavy atom. The van der Waals surface area contributed by atoms with Gasteiger partial charge >= 0.3 is 0 Å². The Morgan fingerprint density at radius 1 is 0.923 bits per heavy atom. The molecule has 0 saturated carbocycles. The predicted molar refractivity (Wildman–Crippen MR) is 103 cm³/mol. The topological polar surface area (TPSA) is 61.0 Å². The van der Waals surface area contributed by atoms with Crippen molar-refractivity contribution in [2.75, 3.05) is 26.2 Å². The summed E-state index contributed by atoms with van der Waals surface area (Å²) in [6.45, 7) is 3.23. The minimum absolute atomic E-state index is 0.125. The zero-order valence-electron chi connectivity index (χ0n) is 14.6. The first-order chi connectivity index (χ1) is 12.8. The second-order valence-corrected chi connectivity index (χ2v) is 6.45. The van der Waals surface area contributed by atoms with Crippen LogP contribution in [0.25, 0.3) is 22.5 Å². The predicted octanol–water partition coefficient (Wildman–Crippen LogP) is 2.72. The van der Waals surface area contributed by atoms with Crippen LogP contribution >= 0.6 is 0 Å². The van der Waals surface area contributed by atoms with E-state index in [1.807, 2.05) is 53.4 Å². The SMILES string of the molecule is O=C(Cc1nc(-c2ccccc2)c(-c2ccccc2)[nH]1)N1CCNCC1. The fourth-order valence-corrected chi connectivity index (χ4v) is 3.29. The first-order valence-electron chi connectivity index (χ1n) is 8.99. The molecule has 1 aliphatic rings. The molecule has 0 spiro atoms. The first kappa shape index (κ1) is 16.5. The second-order valence-electron chi connectivity index (χ2n) is 6.45. The van der Waals surface area contributed by atoms with E-state index < -0.39 is 0 Å². The molecule has 3 aromatic rings. The van der Waals surface area contributed by atoms with Gasteiger partial charge in [0.05, 0.1) is 17.8 Å². The van der Waals surface area contributed by atoms with Crippen LogP contribution < -0.4 is 5.32 Å². The van der Waals surface area contributed by atoms with E-state index in [9.17, 15) is 4.79 Å². The van der Waals surface area contributed by atoms with Crippen LogP contribution in [0.4, 0.5) is 0 Å².